The summed E-state index contributed by atoms with van der Waals surface area (Å²) >= 11 is 0. The standard InChI is InChI=1S/C11H24N2O/c1-9(7-8-12)13(2)10-5-3-4-6-11(10)14/h9-11,14H,3-8,12H2,1-2H3. The lowest BCUT2D eigenvalue weighted by Crippen LogP contribution is -2.47. The fourth-order valence-electron chi connectivity index (χ4n) is 2.34. The van der Waals surface area contributed by atoms with E-state index in [-0.39, 0.29) is 6.10 Å². The number of hydrogen-bond donors (Lipinski definition) is 2. The van der Waals surface area contributed by atoms with Gasteiger partial charge in [-0.25, -0.2) is 0 Å². The molecule has 0 aliphatic heterocycles. The minimum absolute atomic E-state index is 0.131. The van der Waals surface area contributed by atoms with E-state index in [4.69, 9.17) is 5.73 Å². The van der Waals surface area contributed by atoms with Crippen molar-refractivity contribution in [1.82, 2.24) is 4.90 Å². The zero-order chi connectivity index (χ0) is 10.6. The van der Waals surface area contributed by atoms with Crippen LogP contribution < -0.4 is 5.73 Å². The minimum atomic E-state index is -0.131. The molecule has 3 heteroatoms. The van der Waals surface area contributed by atoms with Gasteiger partial charge in [0.05, 0.1) is 6.10 Å². The molecule has 0 saturated heterocycles. The molecule has 0 aromatic heterocycles. The van der Waals surface area contributed by atoms with Gasteiger partial charge in [0, 0.05) is 12.1 Å². The summed E-state index contributed by atoms with van der Waals surface area (Å²) in [5.41, 5.74) is 5.54. The van der Waals surface area contributed by atoms with Crippen LogP contribution in [0.2, 0.25) is 0 Å². The lowest BCUT2D eigenvalue weighted by atomic mass is 9.90. The third-order valence-corrected chi connectivity index (χ3v) is 3.50. The maximum Gasteiger partial charge on any atom is 0.0695 e. The largest absolute Gasteiger partial charge is 0.391 e. The Morgan fingerprint density at radius 2 is 2.07 bits per heavy atom. The predicted molar refractivity (Wildman–Crippen MR) is 59.2 cm³/mol. The first-order valence-electron chi connectivity index (χ1n) is 5.77. The third-order valence-electron chi connectivity index (χ3n) is 3.50. The van der Waals surface area contributed by atoms with Gasteiger partial charge in [-0.15, -0.1) is 0 Å². The number of nitrogens with zero attached hydrogens (tertiary/aromatic N) is 1. The molecule has 1 rings (SSSR count). The molecular weight excluding hydrogens is 176 g/mol. The second kappa shape index (κ2) is 5.69. The van der Waals surface area contributed by atoms with Crippen molar-refractivity contribution in [2.75, 3.05) is 13.6 Å². The van der Waals surface area contributed by atoms with Crippen molar-refractivity contribution >= 4 is 0 Å². The van der Waals surface area contributed by atoms with Crippen LogP contribution in [-0.2, 0) is 0 Å². The van der Waals surface area contributed by atoms with E-state index in [1.54, 1.807) is 0 Å². The van der Waals surface area contributed by atoms with Gasteiger partial charge in [-0.3, -0.25) is 4.90 Å². The van der Waals surface area contributed by atoms with Crippen LogP contribution in [0.4, 0.5) is 0 Å². The third kappa shape index (κ3) is 2.94. The molecule has 3 N–H and O–H groups in total. The van der Waals surface area contributed by atoms with E-state index in [1.165, 1.54) is 12.8 Å². The van der Waals surface area contributed by atoms with Crippen LogP contribution in [-0.4, -0.2) is 41.8 Å². The van der Waals surface area contributed by atoms with Crippen LogP contribution in [0.15, 0.2) is 0 Å². The normalized spacial score (nSPS) is 30.6. The highest BCUT2D eigenvalue weighted by Crippen LogP contribution is 2.24. The molecule has 0 heterocycles. The molecule has 0 bridgehead atoms. The van der Waals surface area contributed by atoms with Crippen molar-refractivity contribution in [3.8, 4) is 0 Å². The van der Waals surface area contributed by atoms with Gasteiger partial charge in [0.1, 0.15) is 0 Å². The number of hydrogen-bond acceptors (Lipinski definition) is 3. The van der Waals surface area contributed by atoms with E-state index in [2.05, 4.69) is 18.9 Å². The van der Waals surface area contributed by atoms with Crippen LogP contribution in [0.5, 0.6) is 0 Å². The summed E-state index contributed by atoms with van der Waals surface area (Å²) in [5.74, 6) is 0. The highest BCUT2D eigenvalue weighted by atomic mass is 16.3. The monoisotopic (exact) mass is 200 g/mol. The SMILES string of the molecule is CC(CCN)N(C)C1CCCCC1O. The Hall–Kier alpha value is -0.120. The van der Waals surface area contributed by atoms with E-state index in [9.17, 15) is 5.11 Å². The first-order chi connectivity index (χ1) is 6.66. The predicted octanol–water partition coefficient (Wildman–Crippen LogP) is 0.959. The second-order valence-electron chi connectivity index (χ2n) is 4.51. The van der Waals surface area contributed by atoms with Crippen molar-refractivity contribution < 1.29 is 5.11 Å². The van der Waals surface area contributed by atoms with Gasteiger partial charge in [0.25, 0.3) is 0 Å². The van der Waals surface area contributed by atoms with Gasteiger partial charge in [-0.05, 0) is 39.8 Å². The maximum absolute atomic E-state index is 9.88. The lowest BCUT2D eigenvalue weighted by Gasteiger charge is -2.38. The number of rotatable bonds is 4. The topological polar surface area (TPSA) is 49.5 Å². The van der Waals surface area contributed by atoms with Crippen molar-refractivity contribution in [1.29, 1.82) is 0 Å². The van der Waals surface area contributed by atoms with Crippen molar-refractivity contribution in [2.24, 2.45) is 5.73 Å². The Labute approximate surface area is 87.3 Å². The summed E-state index contributed by atoms with van der Waals surface area (Å²) in [6.45, 7) is 2.92. The van der Waals surface area contributed by atoms with Crippen LogP contribution in [0, 0.1) is 0 Å². The minimum Gasteiger partial charge on any atom is -0.391 e. The Balaban J connectivity index is 2.44. The molecule has 14 heavy (non-hydrogen) atoms. The van der Waals surface area contributed by atoms with Crippen molar-refractivity contribution in [2.45, 2.75) is 57.2 Å². The van der Waals surface area contributed by atoms with E-state index < -0.39 is 0 Å². The lowest BCUT2D eigenvalue weighted by molar-refractivity contribution is 0.0149. The maximum atomic E-state index is 9.88. The van der Waals surface area contributed by atoms with Crippen molar-refractivity contribution in [3.63, 3.8) is 0 Å². The molecule has 84 valence electrons. The Morgan fingerprint density at radius 3 is 2.64 bits per heavy atom. The van der Waals surface area contributed by atoms with Gasteiger partial charge < -0.3 is 10.8 Å². The van der Waals surface area contributed by atoms with E-state index in [0.29, 0.717) is 12.1 Å². The van der Waals surface area contributed by atoms with E-state index >= 15 is 0 Å². The Morgan fingerprint density at radius 1 is 1.43 bits per heavy atom. The fourth-order valence-corrected chi connectivity index (χ4v) is 2.34. The van der Waals surface area contributed by atoms with Gasteiger partial charge in [0.2, 0.25) is 0 Å². The Bertz CT molecular complexity index is 163. The first-order valence-corrected chi connectivity index (χ1v) is 5.77. The fraction of sp³-hybridized carbons (Fsp3) is 1.00. The van der Waals surface area contributed by atoms with E-state index in [1.807, 2.05) is 0 Å². The Kier molecular flexibility index (Phi) is 4.85. The quantitative estimate of drug-likeness (QED) is 0.710. The molecule has 1 fully saturated rings. The summed E-state index contributed by atoms with van der Waals surface area (Å²) in [4.78, 5) is 2.30. The van der Waals surface area contributed by atoms with Crippen LogP contribution in [0.25, 0.3) is 0 Å². The van der Waals surface area contributed by atoms with Gasteiger partial charge >= 0.3 is 0 Å². The first kappa shape index (κ1) is 12.0. The summed E-state index contributed by atoms with van der Waals surface area (Å²) in [6.07, 6.45) is 5.41. The second-order valence-corrected chi connectivity index (χ2v) is 4.51. The molecule has 1 saturated carbocycles. The smallest absolute Gasteiger partial charge is 0.0695 e. The molecule has 0 spiro atoms. The molecule has 1 aliphatic rings. The highest BCUT2D eigenvalue weighted by Gasteiger charge is 2.28. The summed E-state index contributed by atoms with van der Waals surface area (Å²) in [6, 6.07) is 0.836. The van der Waals surface area contributed by atoms with Crippen LogP contribution in [0.3, 0.4) is 0 Å². The number of likely N-dealkylation sites (N-methyl/N-ethyl adjacent to an activating group) is 1. The summed E-state index contributed by atoms with van der Waals surface area (Å²) in [5, 5.41) is 9.88. The number of aliphatic hydroxyl groups excluding tert-OH is 1. The number of aliphatic hydroxyl groups is 1. The zero-order valence-electron chi connectivity index (χ0n) is 9.45. The van der Waals surface area contributed by atoms with Crippen LogP contribution in [0.1, 0.15) is 39.0 Å². The molecule has 3 unspecified atom stereocenters. The van der Waals surface area contributed by atoms with Gasteiger partial charge in [-0.1, -0.05) is 12.8 Å². The molecule has 0 amide bonds. The molecule has 3 nitrogen and oxygen atoms in total. The van der Waals surface area contributed by atoms with Crippen LogP contribution >= 0.6 is 0 Å². The zero-order valence-corrected chi connectivity index (χ0v) is 9.45. The molecular formula is C11H24N2O. The average molecular weight is 200 g/mol. The molecule has 1 aliphatic carbocycles. The van der Waals surface area contributed by atoms with Crippen molar-refractivity contribution in [3.05, 3.63) is 0 Å². The molecule has 3 atom stereocenters. The van der Waals surface area contributed by atoms with Gasteiger partial charge in [0.15, 0.2) is 0 Å². The summed E-state index contributed by atoms with van der Waals surface area (Å²) < 4.78 is 0. The molecule has 0 radical (unpaired) electrons. The van der Waals surface area contributed by atoms with Gasteiger partial charge in [-0.2, -0.15) is 0 Å². The average Bonchev–Trinajstić information content (AvgIpc) is 2.18. The molecule has 0 aromatic carbocycles. The van der Waals surface area contributed by atoms with E-state index in [0.717, 1.165) is 25.8 Å². The highest BCUT2D eigenvalue weighted by molar-refractivity contribution is 4.83. The summed E-state index contributed by atoms with van der Waals surface area (Å²) in [7, 11) is 2.11. The molecule has 0 aromatic rings. The number of nitrogens with two attached hydrogens (primary N) is 1.